The fourth-order valence-corrected chi connectivity index (χ4v) is 2.42. The zero-order valence-electron chi connectivity index (χ0n) is 16.3. The molecule has 0 radical (unpaired) electrons. The summed E-state index contributed by atoms with van der Waals surface area (Å²) in [5.41, 5.74) is 1.12. The van der Waals surface area contributed by atoms with Gasteiger partial charge < -0.3 is 14.8 Å². The van der Waals surface area contributed by atoms with Crippen LogP contribution in [0.2, 0.25) is 0 Å². The number of esters is 2. The van der Waals surface area contributed by atoms with Crippen molar-refractivity contribution < 1.29 is 32.2 Å². The summed E-state index contributed by atoms with van der Waals surface area (Å²) in [5.74, 6) is -2.18. The molecule has 0 saturated heterocycles. The number of rotatable bonds is 12. The molecule has 0 spiro atoms. The van der Waals surface area contributed by atoms with Gasteiger partial charge in [-0.2, -0.15) is 13.2 Å². The van der Waals surface area contributed by atoms with Crippen LogP contribution in [0.1, 0.15) is 45.1 Å². The minimum Gasteiger partial charge on any atom is -0.494 e. The number of alkyl halides is 3. The Morgan fingerprint density at radius 3 is 2.57 bits per heavy atom. The van der Waals surface area contributed by atoms with Crippen LogP contribution in [0, 0.1) is 5.92 Å². The zero-order valence-corrected chi connectivity index (χ0v) is 16.3. The highest BCUT2D eigenvalue weighted by Crippen LogP contribution is 2.17. The van der Waals surface area contributed by atoms with E-state index in [1.165, 1.54) is 0 Å². The molecule has 0 aliphatic heterocycles. The molecule has 0 atom stereocenters. The van der Waals surface area contributed by atoms with Crippen molar-refractivity contribution >= 4 is 11.9 Å². The summed E-state index contributed by atoms with van der Waals surface area (Å²) in [6, 6.07) is 7.86. The Balaban J connectivity index is 2.17. The van der Waals surface area contributed by atoms with E-state index in [0.29, 0.717) is 19.1 Å². The highest BCUT2D eigenvalue weighted by Gasteiger charge is 2.42. The van der Waals surface area contributed by atoms with Gasteiger partial charge in [0.25, 0.3) is 0 Å². The van der Waals surface area contributed by atoms with Gasteiger partial charge in [0.05, 0.1) is 13.0 Å². The summed E-state index contributed by atoms with van der Waals surface area (Å²) in [4.78, 5) is 21.6. The maximum absolute atomic E-state index is 12.0. The van der Waals surface area contributed by atoms with E-state index >= 15 is 0 Å². The fourth-order valence-electron chi connectivity index (χ4n) is 2.42. The minimum absolute atomic E-state index is 0.142. The van der Waals surface area contributed by atoms with Gasteiger partial charge in [0.2, 0.25) is 0 Å². The third-order valence-corrected chi connectivity index (χ3v) is 3.86. The molecule has 0 saturated carbocycles. The summed E-state index contributed by atoms with van der Waals surface area (Å²) >= 11 is 0. The summed E-state index contributed by atoms with van der Waals surface area (Å²) < 4.78 is 45.3. The van der Waals surface area contributed by atoms with Crippen LogP contribution >= 0.6 is 0 Å². The summed E-state index contributed by atoms with van der Waals surface area (Å²) in [5, 5.41) is 2.94. The monoisotopic (exact) mass is 403 g/mol. The van der Waals surface area contributed by atoms with Gasteiger partial charge in [-0.25, -0.2) is 4.79 Å². The number of nitrogens with one attached hydrogen (secondary N) is 1. The molecule has 158 valence electrons. The maximum atomic E-state index is 12.0. The lowest BCUT2D eigenvalue weighted by Crippen LogP contribution is -2.29. The highest BCUT2D eigenvalue weighted by molar-refractivity contribution is 5.88. The smallest absolute Gasteiger partial charge is 0.491 e. The first kappa shape index (κ1) is 23.9. The van der Waals surface area contributed by atoms with Crippen LogP contribution in [0.5, 0.6) is 5.75 Å². The molecule has 0 bridgehead atoms. The van der Waals surface area contributed by atoms with Crippen molar-refractivity contribution in [3.8, 4) is 5.75 Å². The molecule has 0 aliphatic rings. The van der Waals surface area contributed by atoms with E-state index in [1.807, 2.05) is 24.3 Å². The van der Waals surface area contributed by atoms with Gasteiger partial charge >= 0.3 is 18.1 Å². The molecule has 8 heteroatoms. The van der Waals surface area contributed by atoms with Crippen molar-refractivity contribution in [3.63, 3.8) is 0 Å². The SMILES string of the molecule is CC(C)CCCOc1cccc(CCCNCCC(=O)OC(=O)C(F)(F)F)c1. The van der Waals surface area contributed by atoms with Gasteiger partial charge in [-0.1, -0.05) is 26.0 Å². The number of halogens is 3. The molecule has 1 aromatic rings. The van der Waals surface area contributed by atoms with Crippen molar-refractivity contribution in [3.05, 3.63) is 29.8 Å². The standard InChI is InChI=1S/C20H28F3NO4/c1-15(2)6-5-13-27-17-9-3-7-16(14-17)8-4-11-24-12-10-18(25)28-19(26)20(21,22)23/h3,7,9,14-15,24H,4-6,8,10-13H2,1-2H3. The molecule has 0 fully saturated rings. The Morgan fingerprint density at radius 1 is 1.14 bits per heavy atom. The summed E-state index contributed by atoms with van der Waals surface area (Å²) in [6.45, 7) is 5.78. The van der Waals surface area contributed by atoms with E-state index in [1.54, 1.807) is 0 Å². The minimum atomic E-state index is -5.16. The first-order valence-corrected chi connectivity index (χ1v) is 9.42. The molecule has 1 aromatic carbocycles. The van der Waals surface area contributed by atoms with Gasteiger partial charge in [-0.05, 0) is 55.8 Å². The first-order chi connectivity index (χ1) is 13.2. The molecular formula is C20H28F3NO4. The molecule has 0 amide bonds. The fraction of sp³-hybridized carbons (Fsp3) is 0.600. The molecule has 0 aliphatic carbocycles. The molecule has 0 unspecified atom stereocenters. The lowest BCUT2D eigenvalue weighted by atomic mass is 10.1. The van der Waals surface area contributed by atoms with Gasteiger partial charge in [0.15, 0.2) is 0 Å². The van der Waals surface area contributed by atoms with E-state index in [9.17, 15) is 22.8 Å². The Morgan fingerprint density at radius 2 is 1.89 bits per heavy atom. The lowest BCUT2D eigenvalue weighted by molar-refractivity contribution is -0.201. The summed E-state index contributed by atoms with van der Waals surface area (Å²) in [7, 11) is 0. The number of ether oxygens (including phenoxy) is 2. The topological polar surface area (TPSA) is 64.6 Å². The summed E-state index contributed by atoms with van der Waals surface area (Å²) in [6.07, 6.45) is -1.73. The Bertz CT molecular complexity index is 618. The molecule has 0 aromatic heterocycles. The van der Waals surface area contributed by atoms with Gasteiger partial charge in [0, 0.05) is 6.54 Å². The van der Waals surface area contributed by atoms with Crippen LogP contribution in [0.4, 0.5) is 13.2 Å². The van der Waals surface area contributed by atoms with Gasteiger partial charge in [0.1, 0.15) is 5.75 Å². The van der Waals surface area contributed by atoms with Crippen LogP contribution in [-0.2, 0) is 20.7 Å². The number of benzene rings is 1. The van der Waals surface area contributed by atoms with E-state index in [2.05, 4.69) is 23.9 Å². The van der Waals surface area contributed by atoms with E-state index in [-0.39, 0.29) is 13.0 Å². The predicted octanol–water partition coefficient (Wildman–Crippen LogP) is 4.05. The number of aryl methyl sites for hydroxylation is 1. The van der Waals surface area contributed by atoms with Crippen LogP contribution < -0.4 is 10.1 Å². The third kappa shape index (κ3) is 10.9. The Labute approximate surface area is 163 Å². The zero-order chi connectivity index (χ0) is 21.0. The molecule has 0 heterocycles. The van der Waals surface area contributed by atoms with E-state index < -0.39 is 18.1 Å². The quantitative estimate of drug-likeness (QED) is 0.324. The molecule has 1 N–H and O–H groups in total. The lowest BCUT2D eigenvalue weighted by Gasteiger charge is -2.09. The van der Waals surface area contributed by atoms with Crippen LogP contribution in [0.25, 0.3) is 0 Å². The van der Waals surface area contributed by atoms with Crippen molar-refractivity contribution in [2.45, 2.75) is 52.1 Å². The third-order valence-electron chi connectivity index (χ3n) is 3.86. The van der Waals surface area contributed by atoms with Crippen molar-refractivity contribution in [1.82, 2.24) is 5.32 Å². The van der Waals surface area contributed by atoms with Crippen LogP contribution in [-0.4, -0.2) is 37.8 Å². The normalized spacial score (nSPS) is 11.5. The first-order valence-electron chi connectivity index (χ1n) is 9.42. The number of carbonyl (C=O) groups is 2. The second-order valence-corrected chi connectivity index (χ2v) is 6.89. The number of hydrogen-bond donors (Lipinski definition) is 1. The van der Waals surface area contributed by atoms with Crippen LogP contribution in [0.15, 0.2) is 24.3 Å². The Kier molecular flexibility index (Phi) is 10.6. The molecule has 1 rings (SSSR count). The highest BCUT2D eigenvalue weighted by atomic mass is 19.4. The van der Waals surface area contributed by atoms with Gasteiger partial charge in [-0.15, -0.1) is 0 Å². The largest absolute Gasteiger partial charge is 0.494 e. The van der Waals surface area contributed by atoms with Crippen LogP contribution in [0.3, 0.4) is 0 Å². The maximum Gasteiger partial charge on any atom is 0.491 e. The number of carbonyl (C=O) groups excluding carboxylic acids is 2. The van der Waals surface area contributed by atoms with Gasteiger partial charge in [-0.3, -0.25) is 4.79 Å². The van der Waals surface area contributed by atoms with Crippen molar-refractivity contribution in [2.24, 2.45) is 5.92 Å². The van der Waals surface area contributed by atoms with Crippen molar-refractivity contribution in [1.29, 1.82) is 0 Å². The average molecular weight is 403 g/mol. The van der Waals surface area contributed by atoms with Crippen molar-refractivity contribution in [2.75, 3.05) is 19.7 Å². The van der Waals surface area contributed by atoms with E-state index in [0.717, 1.165) is 37.0 Å². The molecule has 5 nitrogen and oxygen atoms in total. The average Bonchev–Trinajstić information content (AvgIpc) is 2.61. The molecule has 28 heavy (non-hydrogen) atoms. The number of hydrogen-bond acceptors (Lipinski definition) is 5. The second-order valence-electron chi connectivity index (χ2n) is 6.89. The second kappa shape index (κ2) is 12.4. The molecular weight excluding hydrogens is 375 g/mol. The van der Waals surface area contributed by atoms with E-state index in [4.69, 9.17) is 4.74 Å². The Hall–Kier alpha value is -2.09. The predicted molar refractivity (Wildman–Crippen MR) is 99.0 cm³/mol.